The molecule has 36 heavy (non-hydrogen) atoms. The molecule has 0 radical (unpaired) electrons. The number of aliphatic hydroxyl groups is 1. The number of amides is 1. The molecule has 194 valence electrons. The first-order valence-electron chi connectivity index (χ1n) is 12.1. The summed E-state index contributed by atoms with van der Waals surface area (Å²) in [6, 6.07) is 15.0. The van der Waals surface area contributed by atoms with E-state index in [2.05, 4.69) is 23.7 Å². The van der Waals surface area contributed by atoms with E-state index >= 15 is 0 Å². The number of hydrogen-bond donors (Lipinski definition) is 2. The van der Waals surface area contributed by atoms with Crippen LogP contribution in [0.5, 0.6) is 0 Å². The number of likely N-dealkylation sites (N-methyl/N-ethyl adjacent to an activating group) is 1. The first-order valence-corrected chi connectivity index (χ1v) is 12.1. The quantitative estimate of drug-likeness (QED) is 0.379. The van der Waals surface area contributed by atoms with Crippen LogP contribution in [0.2, 0.25) is 0 Å². The van der Waals surface area contributed by atoms with Gasteiger partial charge in [0, 0.05) is 37.2 Å². The van der Waals surface area contributed by atoms with Gasteiger partial charge in [0.25, 0.3) is 5.91 Å². The molecular weight excluding hydrogens is 460 g/mol. The van der Waals surface area contributed by atoms with Gasteiger partial charge in [-0.1, -0.05) is 49.4 Å². The first kappa shape index (κ1) is 27.5. The van der Waals surface area contributed by atoms with Gasteiger partial charge in [0.15, 0.2) is 12.4 Å². The Morgan fingerprint density at radius 1 is 1.19 bits per heavy atom. The van der Waals surface area contributed by atoms with Crippen LogP contribution in [-0.2, 0) is 30.4 Å². The Morgan fingerprint density at radius 3 is 2.56 bits per heavy atom. The van der Waals surface area contributed by atoms with E-state index in [4.69, 9.17) is 14.2 Å². The molecule has 1 unspecified atom stereocenters. The second-order valence-electron chi connectivity index (χ2n) is 9.20. The molecule has 8 nitrogen and oxygen atoms in total. The molecule has 1 heterocycles. The average Bonchev–Trinajstić information content (AvgIpc) is 2.85. The van der Waals surface area contributed by atoms with Gasteiger partial charge in [-0.25, -0.2) is 0 Å². The Bertz CT molecular complexity index is 1040. The summed E-state index contributed by atoms with van der Waals surface area (Å²) in [6.07, 6.45) is -0.0756. The minimum atomic E-state index is -0.912. The topological polar surface area (TPSA) is 97.3 Å². The minimum absolute atomic E-state index is 0.0172. The van der Waals surface area contributed by atoms with Crippen LogP contribution < -0.4 is 5.32 Å². The molecule has 0 spiro atoms. The summed E-state index contributed by atoms with van der Waals surface area (Å²) >= 11 is 0. The molecule has 3 rings (SSSR count). The lowest BCUT2D eigenvalue weighted by Crippen LogP contribution is -2.43. The van der Waals surface area contributed by atoms with Gasteiger partial charge in [-0.2, -0.15) is 0 Å². The molecule has 5 atom stereocenters. The van der Waals surface area contributed by atoms with E-state index in [1.807, 2.05) is 49.5 Å². The monoisotopic (exact) mass is 496 g/mol. The molecule has 0 aromatic heterocycles. The van der Waals surface area contributed by atoms with Crippen LogP contribution in [0.25, 0.3) is 0 Å². The molecule has 1 aliphatic rings. The number of aliphatic hydroxyl groups excluding tert-OH is 1. The van der Waals surface area contributed by atoms with Crippen molar-refractivity contribution in [2.45, 2.75) is 52.0 Å². The van der Waals surface area contributed by atoms with Crippen LogP contribution in [0.1, 0.15) is 49.9 Å². The van der Waals surface area contributed by atoms with E-state index in [1.54, 1.807) is 12.1 Å². The molecule has 8 heteroatoms. The van der Waals surface area contributed by atoms with Gasteiger partial charge >= 0.3 is 5.97 Å². The zero-order valence-corrected chi connectivity index (χ0v) is 21.3. The van der Waals surface area contributed by atoms with Crippen LogP contribution in [-0.4, -0.2) is 54.2 Å². The maximum Gasteiger partial charge on any atom is 0.303 e. The van der Waals surface area contributed by atoms with Crippen LogP contribution in [0, 0.1) is 5.92 Å². The number of ether oxygens (including phenoxy) is 3. The predicted molar refractivity (Wildman–Crippen MR) is 137 cm³/mol. The number of nitrogens with zero attached hydrogens (tertiary/aromatic N) is 1. The van der Waals surface area contributed by atoms with Crippen molar-refractivity contribution in [1.29, 1.82) is 0 Å². The van der Waals surface area contributed by atoms with Gasteiger partial charge in [0.2, 0.25) is 0 Å². The number of esters is 1. The van der Waals surface area contributed by atoms with Crippen molar-refractivity contribution in [2.75, 3.05) is 25.5 Å². The second-order valence-corrected chi connectivity index (χ2v) is 9.20. The lowest BCUT2D eigenvalue weighted by atomic mass is 9.90. The summed E-state index contributed by atoms with van der Waals surface area (Å²) in [5, 5.41) is 12.2. The van der Waals surface area contributed by atoms with Gasteiger partial charge in [-0.05, 0) is 37.2 Å². The number of anilines is 1. The van der Waals surface area contributed by atoms with Crippen molar-refractivity contribution in [3.63, 3.8) is 0 Å². The number of nitrogens with one attached hydrogen (secondary N) is 1. The fraction of sp³-hybridized carbons (Fsp3) is 0.429. The molecule has 1 fully saturated rings. The van der Waals surface area contributed by atoms with Crippen LogP contribution >= 0.6 is 0 Å². The van der Waals surface area contributed by atoms with Crippen LogP contribution in [0.3, 0.4) is 0 Å². The maximum absolute atomic E-state index is 12.4. The summed E-state index contributed by atoms with van der Waals surface area (Å²) in [6.45, 7) is 10.1. The van der Waals surface area contributed by atoms with E-state index in [0.29, 0.717) is 12.2 Å². The highest BCUT2D eigenvalue weighted by atomic mass is 16.7. The van der Waals surface area contributed by atoms with Crippen LogP contribution in [0.4, 0.5) is 5.69 Å². The predicted octanol–water partition coefficient (Wildman–Crippen LogP) is 3.98. The zero-order valence-electron chi connectivity index (χ0n) is 21.3. The third-order valence-electron chi connectivity index (χ3n) is 6.19. The Morgan fingerprint density at radius 2 is 1.92 bits per heavy atom. The van der Waals surface area contributed by atoms with Gasteiger partial charge in [0.1, 0.15) is 0 Å². The fourth-order valence-corrected chi connectivity index (χ4v) is 4.24. The van der Waals surface area contributed by atoms with E-state index in [0.717, 1.165) is 23.2 Å². The Hall–Kier alpha value is -3.04. The Balaban J connectivity index is 1.85. The molecule has 0 aliphatic carbocycles. The van der Waals surface area contributed by atoms with E-state index in [1.165, 1.54) is 13.8 Å². The highest BCUT2D eigenvalue weighted by Gasteiger charge is 2.38. The summed E-state index contributed by atoms with van der Waals surface area (Å²) in [5.41, 5.74) is 3.15. The first-order chi connectivity index (χ1) is 17.2. The molecule has 0 bridgehead atoms. The number of carbonyl (C=O) groups is 2. The van der Waals surface area contributed by atoms with Gasteiger partial charge in [-0.3, -0.25) is 9.59 Å². The molecular formula is C28H36N2O6. The normalized spacial score (nSPS) is 22.6. The van der Waals surface area contributed by atoms with Crippen molar-refractivity contribution >= 4 is 17.6 Å². The van der Waals surface area contributed by atoms with Crippen molar-refractivity contribution in [3.05, 3.63) is 77.9 Å². The summed E-state index contributed by atoms with van der Waals surface area (Å²) in [7, 11) is 2.02. The van der Waals surface area contributed by atoms with E-state index in [-0.39, 0.29) is 24.7 Å². The number of benzene rings is 2. The van der Waals surface area contributed by atoms with Gasteiger partial charge in [-0.15, -0.1) is 6.58 Å². The molecule has 1 aliphatic heterocycles. The van der Waals surface area contributed by atoms with Gasteiger partial charge < -0.3 is 29.5 Å². The molecule has 0 saturated carbocycles. The summed E-state index contributed by atoms with van der Waals surface area (Å²) < 4.78 is 17.9. The molecule has 1 saturated heterocycles. The second kappa shape index (κ2) is 12.8. The maximum atomic E-state index is 12.4. The smallest absolute Gasteiger partial charge is 0.303 e. The largest absolute Gasteiger partial charge is 0.453 e. The number of hydrogen-bond acceptors (Lipinski definition) is 7. The Labute approximate surface area is 212 Å². The summed E-state index contributed by atoms with van der Waals surface area (Å²) in [4.78, 5) is 25.7. The highest BCUT2D eigenvalue weighted by molar-refractivity contribution is 5.95. The van der Waals surface area contributed by atoms with Crippen LogP contribution in [0.15, 0.2) is 61.2 Å². The standard InChI is InChI=1S/C28H36N2O6/c1-6-14-30(5)16-25-18(2)26(22-12-10-21(17-31)11-13-22)36-28(35-25)23-8-7-9-24(15-23)29-27(33)19(3)34-20(4)32/h6-13,15,18-19,25-26,28,31H,1,14,16-17H2,2-5H3,(H,29,33)/t18-,19-,25+,26+,28?/m0/s1. The zero-order chi connectivity index (χ0) is 26.2. The SMILES string of the molecule is C=CCN(C)C[C@H]1OC(c2cccc(NC(=O)[C@H](C)OC(C)=O)c2)O[C@@H](c2ccc(CO)cc2)[C@H]1C. The van der Waals surface area contributed by atoms with Crippen molar-refractivity contribution in [1.82, 2.24) is 4.90 Å². The third kappa shape index (κ3) is 7.24. The lowest BCUT2D eigenvalue weighted by molar-refractivity contribution is -0.275. The third-order valence-corrected chi connectivity index (χ3v) is 6.19. The number of rotatable bonds is 10. The lowest BCUT2D eigenvalue weighted by Gasteiger charge is -2.42. The van der Waals surface area contributed by atoms with Crippen molar-refractivity contribution in [3.8, 4) is 0 Å². The summed E-state index contributed by atoms with van der Waals surface area (Å²) in [5.74, 6) is -0.886. The average molecular weight is 497 g/mol. The molecule has 1 amide bonds. The molecule has 2 N–H and O–H groups in total. The Kier molecular flexibility index (Phi) is 9.78. The molecule has 2 aromatic carbocycles. The van der Waals surface area contributed by atoms with E-state index in [9.17, 15) is 14.7 Å². The van der Waals surface area contributed by atoms with Crippen molar-refractivity contribution in [2.24, 2.45) is 5.92 Å². The van der Waals surface area contributed by atoms with E-state index < -0.39 is 24.3 Å². The molecule has 2 aromatic rings. The van der Waals surface area contributed by atoms with Gasteiger partial charge in [0.05, 0.1) is 18.8 Å². The fourth-order valence-electron chi connectivity index (χ4n) is 4.24. The highest BCUT2D eigenvalue weighted by Crippen LogP contribution is 2.42. The minimum Gasteiger partial charge on any atom is -0.453 e. The van der Waals surface area contributed by atoms with Crippen molar-refractivity contribution < 1.29 is 28.9 Å². The number of carbonyl (C=O) groups excluding carboxylic acids is 2.